The van der Waals surface area contributed by atoms with Gasteiger partial charge < -0.3 is 14.8 Å². The second-order valence-corrected chi connectivity index (χ2v) is 6.40. The lowest BCUT2D eigenvalue weighted by Crippen LogP contribution is -2.45. The molecule has 0 bridgehead atoms. The van der Waals surface area contributed by atoms with E-state index < -0.39 is 0 Å². The highest BCUT2D eigenvalue weighted by Gasteiger charge is 2.25. The molecule has 4 nitrogen and oxygen atoms in total. The van der Waals surface area contributed by atoms with E-state index in [9.17, 15) is 4.39 Å². The third kappa shape index (κ3) is 4.41. The molecule has 1 saturated heterocycles. The van der Waals surface area contributed by atoms with Crippen LogP contribution in [0.15, 0.2) is 36.4 Å². The summed E-state index contributed by atoms with van der Waals surface area (Å²) < 4.78 is 24.3. The maximum absolute atomic E-state index is 13.6. The Kier molecular flexibility index (Phi) is 7.53. The molecule has 1 unspecified atom stereocenters. The fourth-order valence-corrected chi connectivity index (χ4v) is 3.54. The van der Waals surface area contributed by atoms with Gasteiger partial charge in [0.05, 0.1) is 19.2 Å². The van der Waals surface area contributed by atoms with Crippen LogP contribution in [0.2, 0.25) is 5.02 Å². The molecule has 26 heavy (non-hydrogen) atoms. The number of nitrogens with one attached hydrogen (secondary N) is 1. The van der Waals surface area contributed by atoms with Crippen molar-refractivity contribution in [3.05, 3.63) is 58.4 Å². The minimum atomic E-state index is -0.216. The fourth-order valence-electron chi connectivity index (χ4n) is 3.25. The van der Waals surface area contributed by atoms with Crippen molar-refractivity contribution in [2.45, 2.75) is 12.6 Å². The number of nitrogens with zero attached hydrogens (tertiary/aromatic N) is 1. The van der Waals surface area contributed by atoms with Crippen molar-refractivity contribution in [3.8, 4) is 11.5 Å². The Balaban J connectivity index is 0.00000243. The molecule has 142 valence electrons. The number of hydrogen-bond donors (Lipinski definition) is 1. The molecule has 1 N–H and O–H groups in total. The summed E-state index contributed by atoms with van der Waals surface area (Å²) in [6.45, 7) is 3.17. The van der Waals surface area contributed by atoms with E-state index in [2.05, 4.69) is 10.2 Å². The van der Waals surface area contributed by atoms with E-state index in [4.69, 9.17) is 21.1 Å². The molecule has 0 amide bonds. The standard InChI is InChI=1S/C19H22ClFN2O2.ClH/c1-24-17-7-6-14(18(20)19(17)25-2)12-23-9-8-22-11-16(23)13-4-3-5-15(21)10-13;/h3-7,10,16,22H,8-9,11-12H2,1-2H3;1H. The SMILES string of the molecule is COc1ccc(CN2CCNCC2c2cccc(F)c2)c(Cl)c1OC.Cl. The third-order valence-electron chi connectivity index (χ3n) is 4.53. The first kappa shape index (κ1) is 20.8. The van der Waals surface area contributed by atoms with Gasteiger partial charge in [0.15, 0.2) is 11.5 Å². The lowest BCUT2D eigenvalue weighted by molar-refractivity contribution is 0.153. The summed E-state index contributed by atoms with van der Waals surface area (Å²) in [5, 5.41) is 3.94. The van der Waals surface area contributed by atoms with Gasteiger partial charge in [-0.15, -0.1) is 12.4 Å². The normalized spacial score (nSPS) is 17.5. The first-order chi connectivity index (χ1) is 12.1. The number of rotatable bonds is 5. The molecule has 2 aromatic carbocycles. The van der Waals surface area contributed by atoms with Gasteiger partial charge in [-0.3, -0.25) is 4.90 Å². The molecule has 0 saturated carbocycles. The molecule has 0 spiro atoms. The van der Waals surface area contributed by atoms with E-state index in [0.29, 0.717) is 23.1 Å². The first-order valence-corrected chi connectivity index (χ1v) is 8.61. The molecule has 1 fully saturated rings. The number of methoxy groups -OCH3 is 2. The molecule has 0 aliphatic carbocycles. The summed E-state index contributed by atoms with van der Waals surface area (Å²) in [6, 6.07) is 10.7. The van der Waals surface area contributed by atoms with Crippen molar-refractivity contribution in [2.75, 3.05) is 33.9 Å². The zero-order valence-corrected chi connectivity index (χ0v) is 16.4. The number of benzene rings is 2. The Bertz CT molecular complexity index is 745. The van der Waals surface area contributed by atoms with Gasteiger partial charge in [0.1, 0.15) is 5.82 Å². The smallest absolute Gasteiger partial charge is 0.179 e. The average Bonchev–Trinajstić information content (AvgIpc) is 2.63. The van der Waals surface area contributed by atoms with Crippen LogP contribution >= 0.6 is 24.0 Å². The van der Waals surface area contributed by atoms with Gasteiger partial charge in [0.25, 0.3) is 0 Å². The highest BCUT2D eigenvalue weighted by atomic mass is 35.5. The van der Waals surface area contributed by atoms with Crippen molar-refractivity contribution < 1.29 is 13.9 Å². The topological polar surface area (TPSA) is 33.7 Å². The summed E-state index contributed by atoms with van der Waals surface area (Å²) >= 11 is 6.52. The number of hydrogen-bond acceptors (Lipinski definition) is 4. The van der Waals surface area contributed by atoms with Crippen LogP contribution in [0.1, 0.15) is 17.2 Å². The molecule has 3 rings (SSSR count). The number of ether oxygens (including phenoxy) is 2. The van der Waals surface area contributed by atoms with Gasteiger partial charge in [0.2, 0.25) is 0 Å². The second kappa shape index (κ2) is 9.42. The lowest BCUT2D eigenvalue weighted by atomic mass is 10.0. The number of piperazine rings is 1. The van der Waals surface area contributed by atoms with Gasteiger partial charge in [-0.2, -0.15) is 0 Å². The van der Waals surface area contributed by atoms with Crippen molar-refractivity contribution in [1.29, 1.82) is 0 Å². The zero-order valence-electron chi connectivity index (χ0n) is 14.8. The van der Waals surface area contributed by atoms with Gasteiger partial charge in [0, 0.05) is 32.2 Å². The molecule has 1 aliphatic rings. The minimum absolute atomic E-state index is 0. The van der Waals surface area contributed by atoms with Crippen molar-refractivity contribution in [1.82, 2.24) is 10.2 Å². The first-order valence-electron chi connectivity index (χ1n) is 8.23. The van der Waals surface area contributed by atoms with Crippen LogP contribution in [0.3, 0.4) is 0 Å². The van der Waals surface area contributed by atoms with Gasteiger partial charge >= 0.3 is 0 Å². The molecule has 1 aliphatic heterocycles. The van der Waals surface area contributed by atoms with Gasteiger partial charge in [-0.25, -0.2) is 4.39 Å². The Hall–Kier alpha value is -1.53. The van der Waals surface area contributed by atoms with Gasteiger partial charge in [-0.1, -0.05) is 29.8 Å². The summed E-state index contributed by atoms with van der Waals surface area (Å²) in [6.07, 6.45) is 0. The molecule has 0 radical (unpaired) electrons. The van der Waals surface area contributed by atoms with E-state index in [1.807, 2.05) is 18.2 Å². The fraction of sp³-hybridized carbons (Fsp3) is 0.368. The molecule has 1 heterocycles. The summed E-state index contributed by atoms with van der Waals surface area (Å²) in [5.41, 5.74) is 1.92. The highest BCUT2D eigenvalue weighted by molar-refractivity contribution is 6.33. The van der Waals surface area contributed by atoms with E-state index in [1.165, 1.54) is 6.07 Å². The monoisotopic (exact) mass is 400 g/mol. The summed E-state index contributed by atoms with van der Waals surface area (Å²) in [5.74, 6) is 0.935. The maximum Gasteiger partial charge on any atom is 0.179 e. The van der Waals surface area contributed by atoms with Crippen LogP contribution in [-0.4, -0.2) is 38.8 Å². The average molecular weight is 401 g/mol. The van der Waals surface area contributed by atoms with Crippen LogP contribution in [0.4, 0.5) is 4.39 Å². The lowest BCUT2D eigenvalue weighted by Gasteiger charge is -2.36. The highest BCUT2D eigenvalue weighted by Crippen LogP contribution is 2.38. The second-order valence-electron chi connectivity index (χ2n) is 6.02. The molecule has 7 heteroatoms. The Morgan fingerprint density at radius 2 is 2.04 bits per heavy atom. The van der Waals surface area contributed by atoms with Crippen molar-refractivity contribution in [3.63, 3.8) is 0 Å². The molecular formula is C19H23Cl2FN2O2. The van der Waals surface area contributed by atoms with Crippen LogP contribution in [0.5, 0.6) is 11.5 Å². The van der Waals surface area contributed by atoms with Crippen molar-refractivity contribution >= 4 is 24.0 Å². The van der Waals surface area contributed by atoms with E-state index in [-0.39, 0.29) is 24.3 Å². The molecule has 1 atom stereocenters. The molecule has 0 aromatic heterocycles. The van der Waals surface area contributed by atoms with E-state index >= 15 is 0 Å². The zero-order chi connectivity index (χ0) is 17.8. The third-order valence-corrected chi connectivity index (χ3v) is 4.94. The Morgan fingerprint density at radius 1 is 1.23 bits per heavy atom. The van der Waals surface area contributed by atoms with Crippen LogP contribution in [-0.2, 0) is 6.54 Å². The largest absolute Gasteiger partial charge is 0.493 e. The molecule has 2 aromatic rings. The van der Waals surface area contributed by atoms with Crippen LogP contribution < -0.4 is 14.8 Å². The molecular weight excluding hydrogens is 378 g/mol. The summed E-state index contributed by atoms with van der Waals surface area (Å²) in [4.78, 5) is 2.30. The Labute approximate surface area is 164 Å². The van der Waals surface area contributed by atoms with Gasteiger partial charge in [-0.05, 0) is 29.3 Å². The van der Waals surface area contributed by atoms with Crippen molar-refractivity contribution in [2.24, 2.45) is 0 Å². The number of halogens is 3. The predicted molar refractivity (Wildman–Crippen MR) is 104 cm³/mol. The quantitative estimate of drug-likeness (QED) is 0.819. The minimum Gasteiger partial charge on any atom is -0.493 e. The Morgan fingerprint density at radius 3 is 2.73 bits per heavy atom. The predicted octanol–water partition coefficient (Wildman–Crippen LogP) is 4.06. The maximum atomic E-state index is 13.6. The van der Waals surface area contributed by atoms with Crippen LogP contribution in [0.25, 0.3) is 0 Å². The van der Waals surface area contributed by atoms with E-state index in [0.717, 1.165) is 30.8 Å². The van der Waals surface area contributed by atoms with E-state index in [1.54, 1.807) is 26.4 Å². The summed E-state index contributed by atoms with van der Waals surface area (Å²) in [7, 11) is 3.16. The van der Waals surface area contributed by atoms with Crippen LogP contribution in [0, 0.1) is 5.82 Å².